The van der Waals surface area contributed by atoms with Gasteiger partial charge in [-0.25, -0.2) is 0 Å². The summed E-state index contributed by atoms with van der Waals surface area (Å²) in [6.45, 7) is 2.20. The van der Waals surface area contributed by atoms with Gasteiger partial charge in [-0.2, -0.15) is 0 Å². The van der Waals surface area contributed by atoms with Crippen molar-refractivity contribution in [3.05, 3.63) is 57.3 Å². The number of hydrogen-bond acceptors (Lipinski definition) is 1. The van der Waals surface area contributed by atoms with Crippen LogP contribution in [-0.2, 0) is 6.42 Å². The second kappa shape index (κ2) is 5.54. The molecule has 0 saturated carbocycles. The Balaban J connectivity index is 2.30. The first kappa shape index (κ1) is 13.6. The standard InChI is InChI=1S/C16H15BrN2S/c1-2-5-11-6-3-4-7-14(11)19-15-9-8-12(17)10-13(15)18-16(19)20/h3-4,6-10H,2,5H2,1H3,(H,18,20). The number of H-pyrrole nitrogens is 1. The number of hydrogen-bond donors (Lipinski definition) is 1. The number of aryl methyl sites for hydroxylation is 1. The van der Waals surface area contributed by atoms with E-state index < -0.39 is 0 Å². The van der Waals surface area contributed by atoms with Gasteiger partial charge in [0.1, 0.15) is 0 Å². The molecule has 1 N–H and O–H groups in total. The van der Waals surface area contributed by atoms with Gasteiger partial charge in [0.2, 0.25) is 0 Å². The highest BCUT2D eigenvalue weighted by Crippen LogP contribution is 2.25. The van der Waals surface area contributed by atoms with E-state index in [9.17, 15) is 0 Å². The Bertz CT molecular complexity index is 817. The maximum Gasteiger partial charge on any atom is 0.182 e. The average Bonchev–Trinajstić information content (AvgIpc) is 2.75. The number of halogens is 1. The summed E-state index contributed by atoms with van der Waals surface area (Å²) < 4.78 is 3.92. The smallest absolute Gasteiger partial charge is 0.182 e. The third kappa shape index (κ3) is 2.34. The van der Waals surface area contributed by atoms with E-state index in [0.717, 1.165) is 33.1 Å². The third-order valence-electron chi connectivity index (χ3n) is 3.40. The minimum atomic E-state index is 0.738. The van der Waals surface area contributed by atoms with Crippen LogP contribution in [0.5, 0.6) is 0 Å². The summed E-state index contributed by atoms with van der Waals surface area (Å²) in [6.07, 6.45) is 2.18. The van der Waals surface area contributed by atoms with Gasteiger partial charge in [-0.1, -0.05) is 47.5 Å². The van der Waals surface area contributed by atoms with Crippen LogP contribution in [0.25, 0.3) is 16.7 Å². The molecule has 2 aromatic carbocycles. The van der Waals surface area contributed by atoms with Gasteiger partial charge in [-0.3, -0.25) is 4.57 Å². The molecule has 102 valence electrons. The number of imidazole rings is 1. The highest BCUT2D eigenvalue weighted by atomic mass is 79.9. The van der Waals surface area contributed by atoms with Crippen LogP contribution in [0.3, 0.4) is 0 Å². The SMILES string of the molecule is CCCc1ccccc1-n1c(=S)[nH]c2cc(Br)ccc21. The van der Waals surface area contributed by atoms with E-state index in [4.69, 9.17) is 12.2 Å². The van der Waals surface area contributed by atoms with E-state index in [2.05, 4.69) is 68.8 Å². The van der Waals surface area contributed by atoms with Crippen molar-refractivity contribution in [1.82, 2.24) is 9.55 Å². The third-order valence-corrected chi connectivity index (χ3v) is 4.17. The summed E-state index contributed by atoms with van der Waals surface area (Å²) in [5.74, 6) is 0. The molecule has 0 unspecified atom stereocenters. The molecule has 1 heterocycles. The fourth-order valence-electron chi connectivity index (χ4n) is 2.53. The number of fused-ring (bicyclic) bond motifs is 1. The Morgan fingerprint density at radius 1 is 1.20 bits per heavy atom. The van der Waals surface area contributed by atoms with Crippen LogP contribution < -0.4 is 0 Å². The summed E-state index contributed by atoms with van der Waals surface area (Å²) in [7, 11) is 0. The minimum absolute atomic E-state index is 0.738. The summed E-state index contributed by atoms with van der Waals surface area (Å²) >= 11 is 9.01. The molecule has 0 fully saturated rings. The van der Waals surface area contributed by atoms with Crippen molar-refractivity contribution >= 4 is 39.2 Å². The average molecular weight is 347 g/mol. The zero-order valence-corrected chi connectivity index (χ0v) is 13.6. The second-order valence-corrected chi connectivity index (χ2v) is 6.11. The first-order chi connectivity index (χ1) is 9.70. The Labute approximate surface area is 131 Å². The molecule has 3 aromatic rings. The molecule has 0 radical (unpaired) electrons. The molecule has 0 spiro atoms. The molecule has 0 saturated heterocycles. The van der Waals surface area contributed by atoms with Gasteiger partial charge in [-0.05, 0) is 48.5 Å². The van der Waals surface area contributed by atoms with E-state index in [1.54, 1.807) is 0 Å². The number of nitrogens with zero attached hydrogens (tertiary/aromatic N) is 1. The molecule has 0 atom stereocenters. The molecule has 20 heavy (non-hydrogen) atoms. The molecule has 0 bridgehead atoms. The number of nitrogens with one attached hydrogen (secondary N) is 1. The number of aromatic nitrogens is 2. The van der Waals surface area contributed by atoms with E-state index in [1.165, 1.54) is 11.3 Å². The van der Waals surface area contributed by atoms with Gasteiger partial charge in [0.25, 0.3) is 0 Å². The normalized spacial score (nSPS) is 11.1. The van der Waals surface area contributed by atoms with E-state index >= 15 is 0 Å². The van der Waals surface area contributed by atoms with Crippen molar-refractivity contribution in [2.45, 2.75) is 19.8 Å². The van der Waals surface area contributed by atoms with Crippen molar-refractivity contribution in [1.29, 1.82) is 0 Å². The topological polar surface area (TPSA) is 20.7 Å². The quantitative estimate of drug-likeness (QED) is 0.629. The van der Waals surface area contributed by atoms with Gasteiger partial charge < -0.3 is 4.98 Å². The molecule has 2 nitrogen and oxygen atoms in total. The summed E-state index contributed by atoms with van der Waals surface area (Å²) in [5, 5.41) is 0. The number of benzene rings is 2. The monoisotopic (exact) mass is 346 g/mol. The zero-order valence-electron chi connectivity index (χ0n) is 11.2. The van der Waals surface area contributed by atoms with Crippen LogP contribution in [-0.4, -0.2) is 9.55 Å². The maximum absolute atomic E-state index is 5.51. The fraction of sp³-hybridized carbons (Fsp3) is 0.188. The van der Waals surface area contributed by atoms with E-state index in [-0.39, 0.29) is 0 Å². The molecule has 0 aliphatic carbocycles. The lowest BCUT2D eigenvalue weighted by atomic mass is 10.1. The predicted molar refractivity (Wildman–Crippen MR) is 90.2 cm³/mol. The lowest BCUT2D eigenvalue weighted by Gasteiger charge is -2.10. The molecule has 0 amide bonds. The van der Waals surface area contributed by atoms with Gasteiger partial charge >= 0.3 is 0 Å². The Hall–Kier alpha value is -1.39. The Morgan fingerprint density at radius 2 is 2.00 bits per heavy atom. The van der Waals surface area contributed by atoms with Crippen LogP contribution >= 0.6 is 28.1 Å². The highest BCUT2D eigenvalue weighted by molar-refractivity contribution is 9.10. The van der Waals surface area contributed by atoms with Crippen molar-refractivity contribution < 1.29 is 0 Å². The maximum atomic E-state index is 5.51. The molecular formula is C16H15BrN2S. The van der Waals surface area contributed by atoms with Crippen molar-refractivity contribution in [2.24, 2.45) is 0 Å². The van der Waals surface area contributed by atoms with Crippen molar-refractivity contribution in [3.63, 3.8) is 0 Å². The lowest BCUT2D eigenvalue weighted by Crippen LogP contribution is -1.99. The van der Waals surface area contributed by atoms with Gasteiger partial charge in [0, 0.05) is 4.47 Å². The molecule has 1 aromatic heterocycles. The first-order valence-corrected chi connectivity index (χ1v) is 7.89. The van der Waals surface area contributed by atoms with Gasteiger partial charge in [0.15, 0.2) is 4.77 Å². The molecule has 0 aliphatic rings. The summed E-state index contributed by atoms with van der Waals surface area (Å²) in [5.41, 5.74) is 4.67. The minimum Gasteiger partial charge on any atom is -0.330 e. The van der Waals surface area contributed by atoms with E-state index in [0.29, 0.717) is 0 Å². The summed E-state index contributed by atoms with van der Waals surface area (Å²) in [6, 6.07) is 14.7. The van der Waals surface area contributed by atoms with Gasteiger partial charge in [-0.15, -0.1) is 0 Å². The molecule has 4 heteroatoms. The summed E-state index contributed by atoms with van der Waals surface area (Å²) in [4.78, 5) is 3.28. The van der Waals surface area contributed by atoms with E-state index in [1.807, 2.05) is 6.07 Å². The number of aromatic amines is 1. The molecule has 0 aliphatic heterocycles. The van der Waals surface area contributed by atoms with Crippen LogP contribution in [0.2, 0.25) is 0 Å². The lowest BCUT2D eigenvalue weighted by molar-refractivity contribution is 0.900. The number of rotatable bonds is 3. The number of para-hydroxylation sites is 1. The van der Waals surface area contributed by atoms with Crippen LogP contribution in [0.1, 0.15) is 18.9 Å². The van der Waals surface area contributed by atoms with Crippen molar-refractivity contribution in [2.75, 3.05) is 0 Å². The van der Waals surface area contributed by atoms with Crippen molar-refractivity contribution in [3.8, 4) is 5.69 Å². The van der Waals surface area contributed by atoms with Crippen LogP contribution in [0.4, 0.5) is 0 Å². The molecule has 3 rings (SSSR count). The van der Waals surface area contributed by atoms with Crippen LogP contribution in [0.15, 0.2) is 46.9 Å². The molecular weight excluding hydrogens is 332 g/mol. The predicted octanol–water partition coefficient (Wildman–Crippen LogP) is 5.40. The highest BCUT2D eigenvalue weighted by Gasteiger charge is 2.09. The fourth-order valence-corrected chi connectivity index (χ4v) is 3.20. The van der Waals surface area contributed by atoms with Gasteiger partial charge in [0.05, 0.1) is 16.7 Å². The zero-order chi connectivity index (χ0) is 14.1. The Kier molecular flexibility index (Phi) is 3.76. The first-order valence-electron chi connectivity index (χ1n) is 6.69. The van der Waals surface area contributed by atoms with Crippen LogP contribution in [0, 0.1) is 4.77 Å². The second-order valence-electron chi connectivity index (χ2n) is 4.81. The largest absolute Gasteiger partial charge is 0.330 e. The Morgan fingerprint density at radius 3 is 2.80 bits per heavy atom.